The number of phenols is 1. The van der Waals surface area contributed by atoms with Crippen LogP contribution in [0.25, 0.3) is 0 Å². The second-order valence-electron chi connectivity index (χ2n) is 7.98. The van der Waals surface area contributed by atoms with Gasteiger partial charge in [0.05, 0.1) is 19.1 Å². The number of hydrogen-bond donors (Lipinski definition) is 3. The molecule has 1 atom stereocenters. The van der Waals surface area contributed by atoms with E-state index >= 15 is 0 Å². The zero-order valence-electron chi connectivity index (χ0n) is 18.9. The number of aliphatic hydroxyl groups excluding tert-OH is 1. The summed E-state index contributed by atoms with van der Waals surface area (Å²) >= 11 is 0. The summed E-state index contributed by atoms with van der Waals surface area (Å²) in [5.41, 5.74) is 0. The molecule has 9 nitrogen and oxygen atoms in total. The zero-order chi connectivity index (χ0) is 23.8. The predicted molar refractivity (Wildman–Crippen MR) is 124 cm³/mol. The molecule has 0 saturated carbocycles. The lowest BCUT2D eigenvalue weighted by atomic mass is 9.98. The third kappa shape index (κ3) is 6.73. The first kappa shape index (κ1) is 25.1. The van der Waals surface area contributed by atoms with Crippen LogP contribution >= 0.6 is 0 Å². The van der Waals surface area contributed by atoms with E-state index in [1.54, 1.807) is 18.2 Å². The van der Waals surface area contributed by atoms with E-state index < -0.39 is 16.1 Å². The van der Waals surface area contributed by atoms with E-state index in [1.165, 1.54) is 42.8 Å². The van der Waals surface area contributed by atoms with Gasteiger partial charge < -0.3 is 29.7 Å². The Hall–Kier alpha value is -2.53. The summed E-state index contributed by atoms with van der Waals surface area (Å²) in [5, 5.41) is 22.6. The lowest BCUT2D eigenvalue weighted by molar-refractivity contribution is 0.104. The van der Waals surface area contributed by atoms with Gasteiger partial charge in [-0.2, -0.15) is 4.31 Å². The SMILES string of the molecule is COc1ccc(S(=O)(=O)N2CCC(CNCC(O)COc3ccc(O)cc3)CC2)cc1OC. The van der Waals surface area contributed by atoms with Crippen molar-refractivity contribution in [1.29, 1.82) is 0 Å². The fraction of sp³-hybridized carbons (Fsp3) is 0.478. The first-order valence-corrected chi connectivity index (χ1v) is 12.3. The van der Waals surface area contributed by atoms with Crippen LogP contribution in [0.4, 0.5) is 0 Å². The van der Waals surface area contributed by atoms with Gasteiger partial charge in [-0.3, -0.25) is 0 Å². The number of nitrogens with zero attached hydrogens (tertiary/aromatic N) is 1. The molecule has 1 aliphatic rings. The smallest absolute Gasteiger partial charge is 0.243 e. The molecule has 2 aromatic rings. The van der Waals surface area contributed by atoms with Gasteiger partial charge in [-0.1, -0.05) is 0 Å². The summed E-state index contributed by atoms with van der Waals surface area (Å²) in [6.07, 6.45) is 0.795. The Kier molecular flexibility index (Phi) is 8.79. The molecular weight excluding hydrogens is 448 g/mol. The number of aromatic hydroxyl groups is 1. The van der Waals surface area contributed by atoms with Crippen molar-refractivity contribution in [3.63, 3.8) is 0 Å². The van der Waals surface area contributed by atoms with Crippen LogP contribution in [0.5, 0.6) is 23.0 Å². The number of methoxy groups -OCH3 is 2. The highest BCUT2D eigenvalue weighted by molar-refractivity contribution is 7.89. The summed E-state index contributed by atoms with van der Waals surface area (Å²) in [6.45, 7) is 2.09. The molecule has 33 heavy (non-hydrogen) atoms. The Morgan fingerprint density at radius 1 is 1.06 bits per heavy atom. The number of sulfonamides is 1. The zero-order valence-corrected chi connectivity index (χ0v) is 19.8. The molecule has 1 fully saturated rings. The number of ether oxygens (including phenoxy) is 3. The number of aliphatic hydroxyl groups is 1. The van der Waals surface area contributed by atoms with Gasteiger partial charge in [-0.25, -0.2) is 8.42 Å². The number of rotatable bonds is 11. The molecule has 0 amide bonds. The van der Waals surface area contributed by atoms with Crippen LogP contribution in [-0.2, 0) is 10.0 Å². The van der Waals surface area contributed by atoms with Gasteiger partial charge >= 0.3 is 0 Å². The van der Waals surface area contributed by atoms with Crippen LogP contribution in [0.2, 0.25) is 0 Å². The van der Waals surface area contributed by atoms with Crippen molar-refractivity contribution >= 4 is 10.0 Å². The molecular formula is C23H32N2O7S. The normalized spacial score (nSPS) is 16.3. The van der Waals surface area contributed by atoms with E-state index in [0.29, 0.717) is 49.3 Å². The van der Waals surface area contributed by atoms with Crippen molar-refractivity contribution in [1.82, 2.24) is 9.62 Å². The second-order valence-corrected chi connectivity index (χ2v) is 9.92. The molecule has 0 bridgehead atoms. The summed E-state index contributed by atoms with van der Waals surface area (Å²) in [5.74, 6) is 1.93. The number of phenolic OH excluding ortho intramolecular Hbond substituents is 1. The Labute approximate surface area is 194 Å². The minimum Gasteiger partial charge on any atom is -0.508 e. The van der Waals surface area contributed by atoms with E-state index in [9.17, 15) is 18.6 Å². The molecule has 1 saturated heterocycles. The van der Waals surface area contributed by atoms with Crippen molar-refractivity contribution in [3.8, 4) is 23.0 Å². The molecule has 1 unspecified atom stereocenters. The molecule has 3 rings (SSSR count). The van der Waals surface area contributed by atoms with E-state index in [-0.39, 0.29) is 17.3 Å². The minimum absolute atomic E-state index is 0.139. The van der Waals surface area contributed by atoms with Crippen LogP contribution in [0.15, 0.2) is 47.4 Å². The van der Waals surface area contributed by atoms with E-state index in [2.05, 4.69) is 5.32 Å². The first-order chi connectivity index (χ1) is 15.8. The minimum atomic E-state index is -3.61. The van der Waals surface area contributed by atoms with Crippen LogP contribution < -0.4 is 19.5 Å². The number of hydrogen-bond acceptors (Lipinski definition) is 8. The van der Waals surface area contributed by atoms with Gasteiger partial charge in [0.2, 0.25) is 10.0 Å². The molecule has 2 aromatic carbocycles. The van der Waals surface area contributed by atoms with Crippen molar-refractivity contribution in [3.05, 3.63) is 42.5 Å². The lowest BCUT2D eigenvalue weighted by Crippen LogP contribution is -2.42. The summed E-state index contributed by atoms with van der Waals surface area (Å²) in [6, 6.07) is 10.9. The Morgan fingerprint density at radius 2 is 1.73 bits per heavy atom. The summed E-state index contributed by atoms with van der Waals surface area (Å²) in [7, 11) is -0.626. The van der Waals surface area contributed by atoms with Crippen LogP contribution in [0, 0.1) is 5.92 Å². The van der Waals surface area contributed by atoms with Gasteiger partial charge in [0.1, 0.15) is 24.2 Å². The molecule has 182 valence electrons. The average Bonchev–Trinajstić information content (AvgIpc) is 2.83. The molecule has 10 heteroatoms. The third-order valence-electron chi connectivity index (χ3n) is 5.66. The highest BCUT2D eigenvalue weighted by Crippen LogP contribution is 2.31. The maximum atomic E-state index is 13.0. The maximum absolute atomic E-state index is 13.0. The van der Waals surface area contributed by atoms with Gasteiger partial charge in [0.25, 0.3) is 0 Å². The Bertz CT molecular complexity index is 990. The standard InChI is InChI=1S/C23H32N2O7S/c1-30-22-8-7-21(13-23(22)31-2)33(28,29)25-11-9-17(10-12-25)14-24-15-19(27)16-32-20-5-3-18(26)4-6-20/h3-8,13,17,19,24,26-27H,9-12,14-16H2,1-2H3. The molecule has 1 heterocycles. The largest absolute Gasteiger partial charge is 0.508 e. The van der Waals surface area contributed by atoms with Crippen LogP contribution in [0.3, 0.4) is 0 Å². The van der Waals surface area contributed by atoms with Gasteiger partial charge in [0, 0.05) is 25.7 Å². The highest BCUT2D eigenvalue weighted by Gasteiger charge is 2.30. The van der Waals surface area contributed by atoms with Crippen LogP contribution in [-0.4, -0.2) is 76.0 Å². The molecule has 0 aliphatic carbocycles. The number of nitrogens with one attached hydrogen (secondary N) is 1. The van der Waals surface area contributed by atoms with Gasteiger partial charge in [-0.05, 0) is 61.7 Å². The molecule has 3 N–H and O–H groups in total. The summed E-state index contributed by atoms with van der Waals surface area (Å²) < 4.78 is 43.5. The Balaban J connectivity index is 1.41. The van der Waals surface area contributed by atoms with E-state index in [0.717, 1.165) is 12.8 Å². The van der Waals surface area contributed by atoms with Crippen molar-refractivity contribution < 1.29 is 32.8 Å². The monoisotopic (exact) mass is 480 g/mol. The van der Waals surface area contributed by atoms with Crippen molar-refractivity contribution in [2.75, 3.05) is 47.0 Å². The quantitative estimate of drug-likeness (QED) is 0.446. The lowest BCUT2D eigenvalue weighted by Gasteiger charge is -2.31. The van der Waals surface area contributed by atoms with Gasteiger partial charge in [0.15, 0.2) is 11.5 Å². The maximum Gasteiger partial charge on any atom is 0.243 e. The van der Waals surface area contributed by atoms with Crippen LogP contribution in [0.1, 0.15) is 12.8 Å². The predicted octanol–water partition coefficient (Wildman–Crippen LogP) is 1.84. The van der Waals surface area contributed by atoms with Gasteiger partial charge in [-0.15, -0.1) is 0 Å². The fourth-order valence-corrected chi connectivity index (χ4v) is 5.21. The van der Waals surface area contributed by atoms with Crippen molar-refractivity contribution in [2.24, 2.45) is 5.92 Å². The van der Waals surface area contributed by atoms with Crippen molar-refractivity contribution in [2.45, 2.75) is 23.8 Å². The topological polar surface area (TPSA) is 118 Å². The average molecular weight is 481 g/mol. The van der Waals surface area contributed by atoms with E-state index in [4.69, 9.17) is 14.2 Å². The fourth-order valence-electron chi connectivity index (χ4n) is 3.73. The molecule has 1 aliphatic heterocycles. The summed E-state index contributed by atoms with van der Waals surface area (Å²) in [4.78, 5) is 0.188. The molecule has 0 aromatic heterocycles. The first-order valence-electron chi connectivity index (χ1n) is 10.9. The highest BCUT2D eigenvalue weighted by atomic mass is 32.2. The Morgan fingerprint density at radius 3 is 2.36 bits per heavy atom. The van der Waals surface area contributed by atoms with E-state index in [1.807, 2.05) is 0 Å². The molecule has 0 radical (unpaired) electrons. The third-order valence-corrected chi connectivity index (χ3v) is 7.55. The second kappa shape index (κ2) is 11.6. The number of piperidine rings is 1. The number of benzene rings is 2. The molecule has 0 spiro atoms.